The summed E-state index contributed by atoms with van der Waals surface area (Å²) < 4.78 is 16.1. The third kappa shape index (κ3) is 6.57. The summed E-state index contributed by atoms with van der Waals surface area (Å²) in [6.45, 7) is 8.89. The topological polar surface area (TPSA) is 48.6 Å². The second-order valence-corrected chi connectivity index (χ2v) is 16.2. The van der Waals surface area contributed by atoms with Gasteiger partial charge >= 0.3 is 0 Å². The summed E-state index contributed by atoms with van der Waals surface area (Å²) in [6, 6.07) is 45.1. The maximum atomic E-state index is 6.97. The molecule has 1 aliphatic heterocycles. The van der Waals surface area contributed by atoms with Crippen LogP contribution in [0, 0.1) is 12.8 Å². The molecule has 2 aliphatic rings. The van der Waals surface area contributed by atoms with Gasteiger partial charge in [-0.3, -0.25) is 4.57 Å². The largest absolute Gasteiger partial charge is 0.467 e. The highest BCUT2D eigenvalue weighted by molar-refractivity contribution is 6.08. The number of hydrogen-bond acceptors (Lipinski definition) is 4. The zero-order chi connectivity index (χ0) is 36.8. The molecule has 0 amide bonds. The highest BCUT2D eigenvalue weighted by Crippen LogP contribution is 2.42. The van der Waals surface area contributed by atoms with E-state index >= 15 is 0 Å². The van der Waals surface area contributed by atoms with E-state index in [9.17, 15) is 0 Å². The molecule has 1 aliphatic carbocycles. The third-order valence-electron chi connectivity index (χ3n) is 11.3. The van der Waals surface area contributed by atoms with Gasteiger partial charge in [0.25, 0.3) is 0 Å². The summed E-state index contributed by atoms with van der Waals surface area (Å²) in [4.78, 5) is 10.3. The lowest BCUT2D eigenvalue weighted by atomic mass is 9.81. The van der Waals surface area contributed by atoms with Crippen LogP contribution in [0.3, 0.4) is 0 Å². The summed E-state index contributed by atoms with van der Waals surface area (Å²) >= 11 is 0. The lowest BCUT2D eigenvalue weighted by Crippen LogP contribution is -2.25. The molecule has 0 unspecified atom stereocenters. The van der Waals surface area contributed by atoms with Crippen molar-refractivity contribution in [3.05, 3.63) is 156 Å². The van der Waals surface area contributed by atoms with Crippen molar-refractivity contribution in [2.24, 2.45) is 10.9 Å². The standard InChI is InChI=1S/C49H47N3O2/c1-32-22-23-44-43(25-32)42-21-14-24-50-47(42)52(44)39-29-38(49(2,3)4)30-41(31-39)53-40-27-36(33-15-8-5-9-16-33)26-37(28-40)48-51-45(34-17-10-6-11-18-34)46(54-48)35-19-12-7-13-20-35/h5,7-9,12-16,19-31,34,45-46H,6,10-11,17-18H2,1-4H3/t45-,46-/m1/s1. The van der Waals surface area contributed by atoms with Gasteiger partial charge in [0.1, 0.15) is 23.3 Å². The van der Waals surface area contributed by atoms with E-state index in [4.69, 9.17) is 19.5 Å². The van der Waals surface area contributed by atoms with Gasteiger partial charge in [-0.15, -0.1) is 0 Å². The molecule has 7 aromatic rings. The van der Waals surface area contributed by atoms with E-state index < -0.39 is 0 Å². The van der Waals surface area contributed by atoms with E-state index in [1.165, 1.54) is 54.2 Å². The lowest BCUT2D eigenvalue weighted by Gasteiger charge is -2.28. The molecule has 3 heterocycles. The molecule has 0 radical (unpaired) electrons. The van der Waals surface area contributed by atoms with Gasteiger partial charge in [-0.2, -0.15) is 0 Å². The predicted octanol–water partition coefficient (Wildman–Crippen LogP) is 12.7. The fraction of sp³-hybridized carbons (Fsp3) is 0.265. The monoisotopic (exact) mass is 709 g/mol. The minimum atomic E-state index is -0.124. The van der Waals surface area contributed by atoms with Crippen LogP contribution in [0.15, 0.2) is 139 Å². The lowest BCUT2D eigenvalue weighted by molar-refractivity contribution is 0.150. The van der Waals surface area contributed by atoms with Gasteiger partial charge in [-0.05, 0) is 108 Å². The highest BCUT2D eigenvalue weighted by Gasteiger charge is 2.39. The number of fused-ring (bicyclic) bond motifs is 3. The first-order valence-electron chi connectivity index (χ1n) is 19.5. The number of nitrogens with zero attached hydrogens (tertiary/aromatic N) is 3. The molecule has 9 rings (SSSR count). The molecule has 5 nitrogen and oxygen atoms in total. The number of aryl methyl sites for hydroxylation is 1. The first kappa shape index (κ1) is 34.1. The molecule has 5 aromatic carbocycles. The molecular weight excluding hydrogens is 663 g/mol. The molecule has 270 valence electrons. The van der Waals surface area contributed by atoms with Crippen molar-refractivity contribution in [3.63, 3.8) is 0 Å². The van der Waals surface area contributed by atoms with Crippen LogP contribution in [0.4, 0.5) is 0 Å². The summed E-state index contributed by atoms with van der Waals surface area (Å²) in [5.41, 5.74) is 9.63. The van der Waals surface area contributed by atoms with Crippen molar-refractivity contribution in [2.75, 3.05) is 0 Å². The zero-order valence-electron chi connectivity index (χ0n) is 31.6. The second-order valence-electron chi connectivity index (χ2n) is 16.2. The molecule has 1 fully saturated rings. The average molecular weight is 710 g/mol. The van der Waals surface area contributed by atoms with Crippen LogP contribution < -0.4 is 4.74 Å². The quantitative estimate of drug-likeness (QED) is 0.166. The van der Waals surface area contributed by atoms with Crippen LogP contribution in [0.1, 0.15) is 81.2 Å². The van der Waals surface area contributed by atoms with Crippen molar-refractivity contribution in [1.82, 2.24) is 9.55 Å². The van der Waals surface area contributed by atoms with Crippen LogP contribution in [0.25, 0.3) is 38.8 Å². The van der Waals surface area contributed by atoms with Gasteiger partial charge in [0.05, 0.1) is 17.2 Å². The summed E-state index contributed by atoms with van der Waals surface area (Å²) in [6.07, 6.45) is 7.98. The molecule has 2 aromatic heterocycles. The van der Waals surface area contributed by atoms with E-state index in [-0.39, 0.29) is 17.6 Å². The van der Waals surface area contributed by atoms with Gasteiger partial charge in [0.2, 0.25) is 5.90 Å². The van der Waals surface area contributed by atoms with Crippen molar-refractivity contribution < 1.29 is 9.47 Å². The Hall–Kier alpha value is -5.68. The molecule has 0 bridgehead atoms. The minimum absolute atomic E-state index is 0.0853. The molecule has 0 N–H and O–H groups in total. The Morgan fingerprint density at radius 3 is 2.20 bits per heavy atom. The van der Waals surface area contributed by atoms with Crippen LogP contribution in [-0.2, 0) is 10.2 Å². The Morgan fingerprint density at radius 2 is 1.43 bits per heavy atom. The van der Waals surface area contributed by atoms with E-state index in [2.05, 4.69) is 154 Å². The van der Waals surface area contributed by atoms with Crippen molar-refractivity contribution in [1.29, 1.82) is 0 Å². The number of ether oxygens (including phenoxy) is 2. The molecule has 5 heteroatoms. The first-order chi connectivity index (χ1) is 26.3. The fourth-order valence-electron chi connectivity index (χ4n) is 8.44. The second kappa shape index (κ2) is 13.9. The Kier molecular flexibility index (Phi) is 8.81. The third-order valence-corrected chi connectivity index (χ3v) is 11.3. The van der Waals surface area contributed by atoms with Gasteiger partial charge in [-0.1, -0.05) is 112 Å². The van der Waals surface area contributed by atoms with Gasteiger partial charge in [0, 0.05) is 28.6 Å². The summed E-state index contributed by atoms with van der Waals surface area (Å²) in [5, 5.41) is 2.33. The molecule has 0 saturated heterocycles. The molecule has 0 spiro atoms. The Labute approximate surface area is 318 Å². The van der Waals surface area contributed by atoms with Crippen molar-refractivity contribution in [2.45, 2.75) is 77.4 Å². The van der Waals surface area contributed by atoms with Crippen molar-refractivity contribution >= 4 is 27.8 Å². The van der Waals surface area contributed by atoms with Crippen LogP contribution in [0.2, 0.25) is 0 Å². The number of aliphatic imine (C=N–C) groups is 1. The predicted molar refractivity (Wildman–Crippen MR) is 221 cm³/mol. The SMILES string of the molecule is Cc1ccc2c(c1)c1cccnc1n2-c1cc(Oc2cc(C3=N[C@H](C4CCCCC4)[C@@H](c4ccccc4)O3)cc(-c3ccccc3)c2)cc(C(C)(C)C)c1. The van der Waals surface area contributed by atoms with Gasteiger partial charge in [-0.25, -0.2) is 9.98 Å². The molecule has 1 saturated carbocycles. The van der Waals surface area contributed by atoms with E-state index in [0.29, 0.717) is 11.8 Å². The Balaban J connectivity index is 1.16. The van der Waals surface area contributed by atoms with Crippen LogP contribution in [-0.4, -0.2) is 21.5 Å². The Morgan fingerprint density at radius 1 is 0.685 bits per heavy atom. The maximum Gasteiger partial charge on any atom is 0.217 e. The Bertz CT molecular complexity index is 2490. The fourth-order valence-corrected chi connectivity index (χ4v) is 8.44. The molecular formula is C49H47N3O2. The van der Waals surface area contributed by atoms with Crippen LogP contribution >= 0.6 is 0 Å². The zero-order valence-corrected chi connectivity index (χ0v) is 31.6. The number of aromatic nitrogens is 2. The molecule has 54 heavy (non-hydrogen) atoms. The van der Waals surface area contributed by atoms with Crippen LogP contribution in [0.5, 0.6) is 11.5 Å². The number of benzene rings is 5. The van der Waals surface area contributed by atoms with E-state index in [1.807, 2.05) is 12.3 Å². The summed E-state index contributed by atoms with van der Waals surface area (Å²) in [5.74, 6) is 2.70. The van der Waals surface area contributed by atoms with Gasteiger partial charge in [0.15, 0.2) is 0 Å². The van der Waals surface area contributed by atoms with E-state index in [0.717, 1.165) is 50.4 Å². The van der Waals surface area contributed by atoms with Gasteiger partial charge < -0.3 is 9.47 Å². The minimum Gasteiger partial charge on any atom is -0.467 e. The maximum absolute atomic E-state index is 6.97. The highest BCUT2D eigenvalue weighted by atomic mass is 16.5. The average Bonchev–Trinajstić information content (AvgIpc) is 3.79. The molecule has 2 atom stereocenters. The van der Waals surface area contributed by atoms with E-state index in [1.54, 1.807) is 0 Å². The first-order valence-corrected chi connectivity index (χ1v) is 19.5. The summed E-state index contributed by atoms with van der Waals surface area (Å²) in [7, 11) is 0. The number of hydrogen-bond donors (Lipinski definition) is 0. The number of rotatable bonds is 7. The smallest absolute Gasteiger partial charge is 0.217 e. The van der Waals surface area contributed by atoms with Crippen molar-refractivity contribution in [3.8, 4) is 28.3 Å². The normalized spacial score (nSPS) is 17.8. The number of pyridine rings is 1.